The van der Waals surface area contributed by atoms with Gasteiger partial charge in [0.15, 0.2) is 0 Å². The summed E-state index contributed by atoms with van der Waals surface area (Å²) in [6.07, 6.45) is 6.14. The first-order valence-electron chi connectivity index (χ1n) is 9.20. The fourth-order valence-electron chi connectivity index (χ4n) is 4.48. The van der Waals surface area contributed by atoms with Crippen LogP contribution < -0.4 is 15.5 Å². The van der Waals surface area contributed by atoms with Gasteiger partial charge in [-0.1, -0.05) is 31.5 Å². The lowest BCUT2D eigenvalue weighted by Gasteiger charge is -2.46. The van der Waals surface area contributed by atoms with Gasteiger partial charge in [-0.25, -0.2) is 4.79 Å². The summed E-state index contributed by atoms with van der Waals surface area (Å²) in [7, 11) is 0. The van der Waals surface area contributed by atoms with Crippen LogP contribution in [0.5, 0.6) is 0 Å². The SMILES string of the molecule is CC(C)C[NH+]1[C@@H]2CCC[C@H]1CC(NC(=O)Nc1cccc(Cl)c1)C2. The Morgan fingerprint density at radius 1 is 1.29 bits per heavy atom. The average Bonchev–Trinajstić information content (AvgIpc) is 2.47. The lowest BCUT2D eigenvalue weighted by Crippen LogP contribution is -3.21. The molecule has 2 heterocycles. The van der Waals surface area contributed by atoms with E-state index in [0.29, 0.717) is 17.1 Å². The number of carbonyl (C=O) groups is 1. The van der Waals surface area contributed by atoms with Crippen molar-refractivity contribution in [2.75, 3.05) is 11.9 Å². The number of hydrogen-bond acceptors (Lipinski definition) is 1. The Morgan fingerprint density at radius 3 is 2.62 bits per heavy atom. The van der Waals surface area contributed by atoms with Crippen molar-refractivity contribution < 1.29 is 9.69 Å². The number of piperidine rings is 2. The lowest BCUT2D eigenvalue weighted by atomic mass is 9.81. The number of urea groups is 1. The van der Waals surface area contributed by atoms with Gasteiger partial charge in [-0.05, 0) is 37.5 Å². The van der Waals surface area contributed by atoms with Crippen LogP contribution in [0, 0.1) is 5.92 Å². The Bertz CT molecular complexity index is 563. The monoisotopic (exact) mass is 350 g/mol. The van der Waals surface area contributed by atoms with Crippen LogP contribution in [0.25, 0.3) is 0 Å². The van der Waals surface area contributed by atoms with E-state index in [-0.39, 0.29) is 12.1 Å². The van der Waals surface area contributed by atoms with Crippen LogP contribution in [0.3, 0.4) is 0 Å². The zero-order chi connectivity index (χ0) is 17.1. The van der Waals surface area contributed by atoms with Crippen molar-refractivity contribution in [3.05, 3.63) is 29.3 Å². The maximum Gasteiger partial charge on any atom is 0.319 e. The first-order valence-corrected chi connectivity index (χ1v) is 9.57. The van der Waals surface area contributed by atoms with Crippen LogP contribution in [0.1, 0.15) is 46.0 Å². The molecule has 24 heavy (non-hydrogen) atoms. The van der Waals surface area contributed by atoms with Gasteiger partial charge < -0.3 is 15.5 Å². The van der Waals surface area contributed by atoms with Gasteiger partial charge in [-0.15, -0.1) is 0 Å². The molecule has 2 aliphatic heterocycles. The average molecular weight is 351 g/mol. The third kappa shape index (κ3) is 4.42. The molecule has 4 nitrogen and oxygen atoms in total. The third-order valence-corrected chi connectivity index (χ3v) is 5.59. The van der Waals surface area contributed by atoms with Gasteiger partial charge in [0.05, 0.1) is 18.6 Å². The van der Waals surface area contributed by atoms with Crippen molar-refractivity contribution in [2.45, 2.75) is 64.1 Å². The number of nitrogens with one attached hydrogen (secondary N) is 3. The highest BCUT2D eigenvalue weighted by molar-refractivity contribution is 6.30. The lowest BCUT2D eigenvalue weighted by molar-refractivity contribution is -0.963. The normalized spacial score (nSPS) is 29.3. The predicted octanol–water partition coefficient (Wildman–Crippen LogP) is 3.09. The highest BCUT2D eigenvalue weighted by Gasteiger charge is 2.42. The van der Waals surface area contributed by atoms with E-state index >= 15 is 0 Å². The number of quaternary nitrogens is 1. The second-order valence-corrected chi connectivity index (χ2v) is 8.21. The van der Waals surface area contributed by atoms with Crippen LogP contribution in [0.15, 0.2) is 24.3 Å². The molecule has 2 bridgehead atoms. The highest BCUT2D eigenvalue weighted by Crippen LogP contribution is 2.23. The smallest absolute Gasteiger partial charge is 0.319 e. The summed E-state index contributed by atoms with van der Waals surface area (Å²) >= 11 is 5.97. The van der Waals surface area contributed by atoms with Crippen molar-refractivity contribution in [3.63, 3.8) is 0 Å². The van der Waals surface area contributed by atoms with Crippen molar-refractivity contribution in [1.82, 2.24) is 5.32 Å². The summed E-state index contributed by atoms with van der Waals surface area (Å²) < 4.78 is 0. The Labute approximate surface area is 149 Å². The maximum absolute atomic E-state index is 12.3. The van der Waals surface area contributed by atoms with E-state index in [9.17, 15) is 4.79 Å². The molecule has 2 aliphatic rings. The topological polar surface area (TPSA) is 45.6 Å². The molecule has 3 rings (SSSR count). The van der Waals surface area contributed by atoms with Crippen molar-refractivity contribution in [2.24, 2.45) is 5.92 Å². The van der Waals surface area contributed by atoms with Gasteiger partial charge in [0, 0.05) is 35.5 Å². The molecule has 2 fully saturated rings. The zero-order valence-electron chi connectivity index (χ0n) is 14.6. The fourth-order valence-corrected chi connectivity index (χ4v) is 4.67. The summed E-state index contributed by atoms with van der Waals surface area (Å²) in [6.45, 7) is 5.88. The van der Waals surface area contributed by atoms with Crippen molar-refractivity contribution in [3.8, 4) is 0 Å². The zero-order valence-corrected chi connectivity index (χ0v) is 15.4. The first kappa shape index (κ1) is 17.6. The van der Waals surface area contributed by atoms with E-state index in [1.807, 2.05) is 12.1 Å². The maximum atomic E-state index is 12.3. The van der Waals surface area contributed by atoms with Crippen LogP contribution >= 0.6 is 11.6 Å². The molecule has 0 aromatic heterocycles. The number of anilines is 1. The molecule has 0 aliphatic carbocycles. The summed E-state index contributed by atoms with van der Waals surface area (Å²) in [5, 5.41) is 6.71. The van der Waals surface area contributed by atoms with Gasteiger partial charge >= 0.3 is 6.03 Å². The number of amides is 2. The third-order valence-electron chi connectivity index (χ3n) is 5.35. The van der Waals surface area contributed by atoms with Crippen LogP contribution in [-0.2, 0) is 0 Å². The van der Waals surface area contributed by atoms with Crippen LogP contribution in [0.2, 0.25) is 5.02 Å². The van der Waals surface area contributed by atoms with E-state index < -0.39 is 0 Å². The van der Waals surface area contributed by atoms with Gasteiger partial charge in [0.25, 0.3) is 0 Å². The molecule has 0 spiro atoms. The number of hydrogen-bond donors (Lipinski definition) is 3. The van der Waals surface area contributed by atoms with E-state index in [0.717, 1.165) is 24.4 Å². The van der Waals surface area contributed by atoms with Crippen molar-refractivity contribution in [1.29, 1.82) is 0 Å². The molecular weight excluding hydrogens is 322 g/mol. The number of carbonyl (C=O) groups excluding carboxylic acids is 1. The Morgan fingerprint density at radius 2 is 2.00 bits per heavy atom. The minimum absolute atomic E-state index is 0.118. The summed E-state index contributed by atoms with van der Waals surface area (Å²) in [6, 6.07) is 8.85. The van der Waals surface area contributed by atoms with E-state index in [1.165, 1.54) is 25.8 Å². The summed E-state index contributed by atoms with van der Waals surface area (Å²) in [5.74, 6) is 0.735. The Hall–Kier alpha value is -1.26. The Balaban J connectivity index is 1.56. The molecular formula is C19H29ClN3O+. The molecule has 5 heteroatoms. The second-order valence-electron chi connectivity index (χ2n) is 7.77. The molecule has 3 N–H and O–H groups in total. The predicted molar refractivity (Wildman–Crippen MR) is 98.7 cm³/mol. The molecule has 0 saturated carbocycles. The fraction of sp³-hybridized carbons (Fsp3) is 0.632. The number of rotatable bonds is 4. The molecule has 1 aromatic rings. The molecule has 4 atom stereocenters. The van der Waals surface area contributed by atoms with Gasteiger partial charge in [0.2, 0.25) is 0 Å². The largest absolute Gasteiger partial charge is 0.335 e. The molecule has 1 aromatic carbocycles. The van der Waals surface area contributed by atoms with Crippen LogP contribution in [-0.4, -0.2) is 30.7 Å². The summed E-state index contributed by atoms with van der Waals surface area (Å²) in [5.41, 5.74) is 0.739. The minimum atomic E-state index is -0.118. The number of fused-ring (bicyclic) bond motifs is 2. The molecule has 132 valence electrons. The van der Waals surface area contributed by atoms with E-state index in [2.05, 4.69) is 24.5 Å². The van der Waals surface area contributed by atoms with E-state index in [4.69, 9.17) is 11.6 Å². The van der Waals surface area contributed by atoms with Gasteiger partial charge in [-0.3, -0.25) is 0 Å². The first-order chi connectivity index (χ1) is 11.5. The van der Waals surface area contributed by atoms with Crippen LogP contribution in [0.4, 0.5) is 10.5 Å². The molecule has 0 radical (unpaired) electrons. The molecule has 2 amide bonds. The summed E-state index contributed by atoms with van der Waals surface area (Å²) in [4.78, 5) is 14.1. The van der Waals surface area contributed by atoms with Gasteiger partial charge in [-0.2, -0.15) is 0 Å². The Kier molecular flexibility index (Phi) is 5.67. The highest BCUT2D eigenvalue weighted by atomic mass is 35.5. The quantitative estimate of drug-likeness (QED) is 0.767. The van der Waals surface area contributed by atoms with Crippen molar-refractivity contribution >= 4 is 23.3 Å². The standard InChI is InChI=1S/C19H28ClN3O/c1-13(2)12-23-17-7-4-8-18(23)11-16(10-17)22-19(24)21-15-6-3-5-14(20)9-15/h3,5-6,9,13,16-18H,4,7-8,10-12H2,1-2H3,(H2,21,22,24)/p+1/t16?,17-,18+. The number of benzene rings is 1. The molecule has 2 saturated heterocycles. The number of halogens is 1. The minimum Gasteiger partial charge on any atom is -0.335 e. The van der Waals surface area contributed by atoms with E-state index in [1.54, 1.807) is 17.0 Å². The molecule has 2 unspecified atom stereocenters. The second kappa shape index (κ2) is 7.75. The van der Waals surface area contributed by atoms with Gasteiger partial charge in [0.1, 0.15) is 0 Å².